The first kappa shape index (κ1) is 21.1. The van der Waals surface area contributed by atoms with Crippen LogP contribution in [0.1, 0.15) is 28.4 Å². The topological polar surface area (TPSA) is 46.6 Å². The average Bonchev–Trinajstić information content (AvgIpc) is 2.95. The largest absolute Gasteiger partial charge is 0.462 e. The van der Waals surface area contributed by atoms with Crippen LogP contribution in [0.3, 0.4) is 0 Å². The number of alkyl halides is 3. The van der Waals surface area contributed by atoms with Crippen LogP contribution >= 0.6 is 24.0 Å². The van der Waals surface area contributed by atoms with E-state index in [4.69, 9.17) is 17.0 Å². The van der Waals surface area contributed by atoms with Gasteiger partial charge in [0.25, 0.3) is 5.91 Å². The van der Waals surface area contributed by atoms with Gasteiger partial charge in [-0.05, 0) is 48.9 Å². The van der Waals surface area contributed by atoms with Crippen molar-refractivity contribution in [3.63, 3.8) is 0 Å². The highest BCUT2D eigenvalue weighted by atomic mass is 32.2. The Morgan fingerprint density at radius 1 is 1.21 bits per heavy atom. The van der Waals surface area contributed by atoms with Gasteiger partial charge in [0.15, 0.2) is 4.32 Å². The molecule has 9 heteroatoms. The maximum absolute atomic E-state index is 13.0. The summed E-state index contributed by atoms with van der Waals surface area (Å²) in [6, 6.07) is 10.9. The summed E-state index contributed by atoms with van der Waals surface area (Å²) in [5.74, 6) is -0.955. The lowest BCUT2D eigenvalue weighted by Crippen LogP contribution is -2.27. The fraction of sp³-hybridized carbons (Fsp3) is 0.150. The summed E-state index contributed by atoms with van der Waals surface area (Å²) in [6.45, 7) is 1.97. The molecule has 1 aliphatic heterocycles. The van der Waals surface area contributed by atoms with Crippen molar-refractivity contribution in [1.82, 2.24) is 0 Å². The van der Waals surface area contributed by atoms with E-state index in [0.29, 0.717) is 11.1 Å². The molecule has 2 aromatic carbocycles. The van der Waals surface area contributed by atoms with E-state index in [1.807, 2.05) is 0 Å². The molecule has 0 atom stereocenters. The van der Waals surface area contributed by atoms with Crippen LogP contribution in [0.15, 0.2) is 53.4 Å². The lowest BCUT2D eigenvalue weighted by Gasteiger charge is -2.16. The third-order valence-corrected chi connectivity index (χ3v) is 5.25. The number of thiocarbonyl (C=S) groups is 1. The summed E-state index contributed by atoms with van der Waals surface area (Å²) in [6.07, 6.45) is -2.95. The van der Waals surface area contributed by atoms with Gasteiger partial charge in [-0.2, -0.15) is 13.2 Å². The molecular weight excluding hydrogens is 423 g/mol. The Kier molecular flexibility index (Phi) is 6.09. The molecule has 0 N–H and O–H groups in total. The third kappa shape index (κ3) is 4.68. The molecule has 0 unspecified atom stereocenters. The molecule has 4 nitrogen and oxygen atoms in total. The van der Waals surface area contributed by atoms with Crippen molar-refractivity contribution in [2.75, 3.05) is 11.5 Å². The molecule has 1 fully saturated rings. The van der Waals surface area contributed by atoms with Gasteiger partial charge in [-0.15, -0.1) is 0 Å². The summed E-state index contributed by atoms with van der Waals surface area (Å²) in [7, 11) is 0. The number of benzene rings is 2. The van der Waals surface area contributed by atoms with Gasteiger partial charge in [0.05, 0.1) is 28.3 Å². The van der Waals surface area contributed by atoms with E-state index in [-0.39, 0.29) is 21.5 Å². The first-order valence-corrected chi connectivity index (χ1v) is 9.65. The van der Waals surface area contributed by atoms with E-state index in [1.54, 1.807) is 37.3 Å². The van der Waals surface area contributed by atoms with E-state index < -0.39 is 23.6 Å². The van der Waals surface area contributed by atoms with Crippen LogP contribution in [0, 0.1) is 0 Å². The fourth-order valence-corrected chi connectivity index (χ4v) is 3.89. The number of rotatable bonds is 4. The quantitative estimate of drug-likeness (QED) is 0.370. The van der Waals surface area contributed by atoms with Crippen molar-refractivity contribution < 1.29 is 27.5 Å². The number of hydrogen-bond donors (Lipinski definition) is 0. The van der Waals surface area contributed by atoms with E-state index in [0.717, 1.165) is 28.8 Å². The molecule has 0 aliphatic carbocycles. The molecular formula is C20H14F3NO3S2. The summed E-state index contributed by atoms with van der Waals surface area (Å²) in [4.78, 5) is 25.8. The second-order valence-electron chi connectivity index (χ2n) is 5.91. The lowest BCUT2D eigenvalue weighted by atomic mass is 10.1. The Hall–Kier alpha value is -2.65. The van der Waals surface area contributed by atoms with Crippen LogP contribution in [0.5, 0.6) is 0 Å². The monoisotopic (exact) mass is 437 g/mol. The predicted molar refractivity (Wildman–Crippen MR) is 109 cm³/mol. The fourth-order valence-electron chi connectivity index (χ4n) is 2.59. The number of esters is 1. The molecule has 150 valence electrons. The number of thioether (sulfide) groups is 1. The number of halogens is 3. The Morgan fingerprint density at radius 3 is 2.52 bits per heavy atom. The van der Waals surface area contributed by atoms with Crippen LogP contribution in [0.4, 0.5) is 18.9 Å². The molecule has 0 radical (unpaired) electrons. The highest BCUT2D eigenvalue weighted by molar-refractivity contribution is 8.27. The minimum Gasteiger partial charge on any atom is -0.462 e. The highest BCUT2D eigenvalue weighted by Gasteiger charge is 2.36. The Bertz CT molecular complexity index is 1000. The highest BCUT2D eigenvalue weighted by Crippen LogP contribution is 2.38. The van der Waals surface area contributed by atoms with Gasteiger partial charge < -0.3 is 4.74 Å². The summed E-state index contributed by atoms with van der Waals surface area (Å²) in [5, 5.41) is 0. The SMILES string of the molecule is CCOC(=O)c1ccc(/C=C2\SC(=S)N(c3cccc(C(F)(F)F)c3)C2=O)cc1. The smallest absolute Gasteiger partial charge is 0.416 e. The van der Waals surface area contributed by atoms with Crippen LogP contribution in [0.2, 0.25) is 0 Å². The molecule has 29 heavy (non-hydrogen) atoms. The molecule has 1 amide bonds. The Morgan fingerprint density at radius 2 is 1.90 bits per heavy atom. The Balaban J connectivity index is 1.85. The first-order chi connectivity index (χ1) is 13.7. The maximum Gasteiger partial charge on any atom is 0.416 e. The van der Waals surface area contributed by atoms with Crippen molar-refractivity contribution in [1.29, 1.82) is 0 Å². The molecule has 3 rings (SSSR count). The zero-order valence-corrected chi connectivity index (χ0v) is 16.7. The van der Waals surface area contributed by atoms with Crippen molar-refractivity contribution in [3.05, 3.63) is 70.1 Å². The minimum atomic E-state index is -4.52. The molecule has 1 heterocycles. The van der Waals surface area contributed by atoms with Crippen LogP contribution in [-0.4, -0.2) is 22.8 Å². The van der Waals surface area contributed by atoms with E-state index >= 15 is 0 Å². The molecule has 0 aromatic heterocycles. The molecule has 0 bridgehead atoms. The van der Waals surface area contributed by atoms with Gasteiger partial charge in [0.2, 0.25) is 0 Å². The Labute approximate surface area is 174 Å². The molecule has 1 aliphatic rings. The number of ether oxygens (including phenoxy) is 1. The van der Waals surface area contributed by atoms with Crippen LogP contribution < -0.4 is 4.90 Å². The van der Waals surface area contributed by atoms with Gasteiger partial charge in [-0.3, -0.25) is 9.69 Å². The maximum atomic E-state index is 13.0. The van der Waals surface area contributed by atoms with Gasteiger partial charge in [-0.25, -0.2) is 4.79 Å². The van der Waals surface area contributed by atoms with E-state index in [1.165, 1.54) is 12.1 Å². The zero-order valence-electron chi connectivity index (χ0n) is 15.0. The van der Waals surface area contributed by atoms with Gasteiger partial charge in [0.1, 0.15) is 0 Å². The van der Waals surface area contributed by atoms with Gasteiger partial charge in [0, 0.05) is 0 Å². The number of nitrogens with zero attached hydrogens (tertiary/aromatic N) is 1. The number of amides is 1. The number of anilines is 1. The molecule has 2 aromatic rings. The van der Waals surface area contributed by atoms with E-state index in [2.05, 4.69) is 0 Å². The molecule has 0 spiro atoms. The average molecular weight is 437 g/mol. The standard InChI is InChI=1S/C20H14F3NO3S2/c1-2-27-18(26)13-8-6-12(7-9-13)10-16-17(25)24(19(28)29-16)15-5-3-4-14(11-15)20(21,22)23/h3-11H,2H2,1H3/b16-10-. The van der Waals surface area contributed by atoms with Crippen LogP contribution in [-0.2, 0) is 15.7 Å². The van der Waals surface area contributed by atoms with Crippen molar-refractivity contribution in [3.8, 4) is 0 Å². The molecule has 1 saturated heterocycles. The number of hydrogen-bond acceptors (Lipinski definition) is 5. The minimum absolute atomic E-state index is 0.0587. The van der Waals surface area contributed by atoms with Crippen molar-refractivity contribution in [2.24, 2.45) is 0 Å². The summed E-state index contributed by atoms with van der Waals surface area (Å²) >= 11 is 6.20. The van der Waals surface area contributed by atoms with Gasteiger partial charge >= 0.3 is 12.1 Å². The predicted octanol–water partition coefficient (Wildman–Crippen LogP) is 5.29. The normalized spacial score (nSPS) is 15.9. The van der Waals surface area contributed by atoms with Gasteiger partial charge in [-0.1, -0.05) is 42.2 Å². The van der Waals surface area contributed by atoms with Crippen molar-refractivity contribution >= 4 is 51.9 Å². The summed E-state index contributed by atoms with van der Waals surface area (Å²) in [5.41, 5.74) is 0.217. The third-order valence-electron chi connectivity index (χ3n) is 3.94. The van der Waals surface area contributed by atoms with Crippen LogP contribution in [0.25, 0.3) is 6.08 Å². The number of carbonyl (C=O) groups excluding carboxylic acids is 2. The lowest BCUT2D eigenvalue weighted by molar-refractivity contribution is -0.137. The second-order valence-corrected chi connectivity index (χ2v) is 7.58. The number of carbonyl (C=O) groups is 2. The second kappa shape index (κ2) is 8.38. The first-order valence-electron chi connectivity index (χ1n) is 8.43. The summed E-state index contributed by atoms with van der Waals surface area (Å²) < 4.78 is 44.0. The zero-order chi connectivity index (χ0) is 21.2. The van der Waals surface area contributed by atoms with Crippen molar-refractivity contribution in [2.45, 2.75) is 13.1 Å². The molecule has 0 saturated carbocycles. The van der Waals surface area contributed by atoms with E-state index in [9.17, 15) is 22.8 Å².